The second kappa shape index (κ2) is 21.1. The largest absolute Gasteiger partial charge is 0.478 e. The summed E-state index contributed by atoms with van der Waals surface area (Å²) in [5.41, 5.74) is 5.00. The maximum absolute atomic E-state index is 12.8. The lowest BCUT2D eigenvalue weighted by Gasteiger charge is -2.29. The van der Waals surface area contributed by atoms with Gasteiger partial charge in [0, 0.05) is 101 Å². The highest BCUT2D eigenvalue weighted by atomic mass is 79.9. The average Bonchev–Trinajstić information content (AvgIpc) is 4.02. The molecular formula is C44H49BrN14O7. The zero-order chi connectivity index (χ0) is 45.5. The summed E-state index contributed by atoms with van der Waals surface area (Å²) in [5, 5.41) is 30.4. The highest BCUT2D eigenvalue weighted by Gasteiger charge is 2.20. The number of amides is 3. The number of carbonyl (C=O) groups is 4. The van der Waals surface area contributed by atoms with Gasteiger partial charge in [-0.3, -0.25) is 28.9 Å². The smallest absolute Gasteiger partial charge is 0.337 e. The molecule has 0 radical (unpaired) electrons. The molecule has 21 nitrogen and oxygen atoms in total. The van der Waals surface area contributed by atoms with Gasteiger partial charge in [0.15, 0.2) is 0 Å². The molecule has 3 amide bonds. The van der Waals surface area contributed by atoms with E-state index in [4.69, 9.17) is 25.0 Å². The summed E-state index contributed by atoms with van der Waals surface area (Å²) in [4.78, 5) is 70.8. The quantitative estimate of drug-likeness (QED) is 0.140. The number of hydrogen-bond donors (Lipinski definition) is 6. The van der Waals surface area contributed by atoms with E-state index in [1.165, 1.54) is 38.4 Å². The fraction of sp³-hybridized carbons (Fsp3) is 0.318. The van der Waals surface area contributed by atoms with Crippen LogP contribution < -0.4 is 42.3 Å². The summed E-state index contributed by atoms with van der Waals surface area (Å²) in [6.07, 6.45) is 2.59. The molecule has 0 bridgehead atoms. The van der Waals surface area contributed by atoms with Gasteiger partial charge < -0.3 is 45.6 Å². The lowest BCUT2D eigenvalue weighted by molar-refractivity contribution is -0.115. The zero-order valence-electron chi connectivity index (χ0n) is 36.2. The topological polar surface area (TPSA) is 259 Å². The first kappa shape index (κ1) is 46.7. The van der Waals surface area contributed by atoms with Crippen molar-refractivity contribution in [2.45, 2.75) is 26.9 Å². The van der Waals surface area contributed by atoms with Crippen molar-refractivity contribution in [2.75, 3.05) is 96.8 Å². The number of halogens is 1. The number of carboxylic acids is 1. The average molecular weight is 966 g/mol. The van der Waals surface area contributed by atoms with E-state index in [1.54, 1.807) is 12.1 Å². The van der Waals surface area contributed by atoms with E-state index >= 15 is 0 Å². The number of nitrogens with zero attached hydrogens (tertiary/aromatic N) is 9. The van der Waals surface area contributed by atoms with Crippen LogP contribution in [0.2, 0.25) is 0 Å². The fourth-order valence-electron chi connectivity index (χ4n) is 7.67. The van der Waals surface area contributed by atoms with Crippen LogP contribution in [0.4, 0.5) is 34.6 Å². The van der Waals surface area contributed by atoms with Crippen molar-refractivity contribution >= 4 is 97.1 Å². The Kier molecular flexibility index (Phi) is 14.9. The summed E-state index contributed by atoms with van der Waals surface area (Å²) >= 11 is 0. The predicted molar refractivity (Wildman–Crippen MR) is 253 cm³/mol. The zero-order valence-corrected chi connectivity index (χ0v) is 38.0. The van der Waals surface area contributed by atoms with Gasteiger partial charge in [-0.05, 0) is 60.7 Å². The number of hydrogen-bond acceptors (Lipinski definition) is 15. The molecule has 8 heterocycles. The summed E-state index contributed by atoms with van der Waals surface area (Å²) in [7, 11) is 0. The minimum absolute atomic E-state index is 0. The molecular weight excluding hydrogens is 916 g/mol. The summed E-state index contributed by atoms with van der Waals surface area (Å²) in [6, 6.07) is 18.5. The standard InChI is InChI=1S/C22H23N7O3.C14H17N5O.C8H8N2O3.BrH/c1-14(30)25-19-5-2-15(13-24-19)21(31)27-22-26-18-12-16(28-8-10-32-11-9-28)3-4-17(18)20-23-6-7-29(20)22;15-14-17-12-9-10(18-5-7-20-8-6-18)1-2-11(12)13-16-3-4-19(13)14;1-5(11)10-7-3-2-6(4-9-7)8(12)13;/h2-5,12-13,23H,6-11H2,1H3,(H,24,25,30);1-2,9,15-16H,3-8H2;2-4H,1H3,(H,12,13)(H,9,10,11);1H. The van der Waals surface area contributed by atoms with Crippen LogP contribution in [0.25, 0.3) is 21.8 Å². The van der Waals surface area contributed by atoms with Gasteiger partial charge in [0.1, 0.15) is 23.3 Å². The molecule has 0 saturated carbocycles. The number of morpholine rings is 2. The van der Waals surface area contributed by atoms with Crippen molar-refractivity contribution in [3.63, 3.8) is 0 Å². The van der Waals surface area contributed by atoms with Gasteiger partial charge in [-0.25, -0.2) is 24.7 Å². The van der Waals surface area contributed by atoms with E-state index in [0.717, 1.165) is 104 Å². The molecule has 10 rings (SSSR count). The van der Waals surface area contributed by atoms with Crippen LogP contribution in [0, 0.1) is 5.41 Å². The number of pyridine rings is 2. The van der Waals surface area contributed by atoms with E-state index in [9.17, 15) is 19.2 Å². The maximum Gasteiger partial charge on any atom is 0.337 e. The number of anilines is 6. The van der Waals surface area contributed by atoms with E-state index < -0.39 is 11.9 Å². The van der Waals surface area contributed by atoms with Crippen LogP contribution in [-0.2, 0) is 32.2 Å². The van der Waals surface area contributed by atoms with Gasteiger partial charge in [-0.15, -0.1) is 17.0 Å². The summed E-state index contributed by atoms with van der Waals surface area (Å²) < 4.78 is 14.7. The van der Waals surface area contributed by atoms with Crippen molar-refractivity contribution < 1.29 is 33.8 Å². The Bertz CT molecular complexity index is 2900. The number of carboxylic acid groups (broad SMARTS) is 1. The minimum Gasteiger partial charge on any atom is -0.478 e. The van der Waals surface area contributed by atoms with Crippen molar-refractivity contribution in [2.24, 2.45) is 4.99 Å². The molecule has 2 aromatic carbocycles. The Balaban J connectivity index is 0.000000162. The predicted octanol–water partition coefficient (Wildman–Crippen LogP) is 3.49. The molecule has 6 aromatic rings. The monoisotopic (exact) mass is 964 g/mol. The first-order valence-corrected chi connectivity index (χ1v) is 21.1. The Morgan fingerprint density at radius 3 is 1.64 bits per heavy atom. The van der Waals surface area contributed by atoms with E-state index in [0.29, 0.717) is 48.2 Å². The number of rotatable bonds is 6. The number of carbonyl (C=O) groups excluding carboxylic acids is 3. The first-order chi connectivity index (χ1) is 31.5. The van der Waals surface area contributed by atoms with Gasteiger partial charge in [0.25, 0.3) is 5.91 Å². The van der Waals surface area contributed by atoms with Crippen molar-refractivity contribution in [3.8, 4) is 0 Å². The van der Waals surface area contributed by atoms with Crippen LogP contribution in [0.15, 0.2) is 78.0 Å². The maximum atomic E-state index is 12.8. The van der Waals surface area contributed by atoms with E-state index in [1.807, 2.05) is 15.2 Å². The van der Waals surface area contributed by atoms with Gasteiger partial charge in [-0.2, -0.15) is 4.99 Å². The highest BCUT2D eigenvalue weighted by Crippen LogP contribution is 2.29. The van der Waals surface area contributed by atoms with Crippen LogP contribution in [-0.4, -0.2) is 124 Å². The molecule has 4 aliphatic rings. The number of nitrogens with one attached hydrogen (secondary N) is 5. The molecule has 0 unspecified atom stereocenters. The van der Waals surface area contributed by atoms with Gasteiger partial charge in [-0.1, -0.05) is 0 Å². The number of fused-ring (bicyclic) bond motifs is 6. The van der Waals surface area contributed by atoms with Crippen LogP contribution in [0.3, 0.4) is 0 Å². The molecule has 0 aliphatic carbocycles. The number of ether oxygens (including phenoxy) is 2. The Hall–Kier alpha value is -7.30. The minimum atomic E-state index is -1.04. The second-order valence-electron chi connectivity index (χ2n) is 15.3. The fourth-order valence-corrected chi connectivity index (χ4v) is 7.67. The molecule has 2 fully saturated rings. The Labute approximate surface area is 388 Å². The normalized spacial score (nSPS) is 15.1. The van der Waals surface area contributed by atoms with E-state index in [-0.39, 0.29) is 34.4 Å². The third-order valence-corrected chi connectivity index (χ3v) is 10.8. The third-order valence-electron chi connectivity index (χ3n) is 10.8. The number of benzene rings is 2. The SMILES string of the molecule is Br.CC(=O)Nc1ccc(C(=O)N=c2nc3cc(N4CCOCC4)ccc3c3n2CCN3)cn1.CC(=O)Nc1ccc(C(=O)O)cn1.N=c1nc2cc(N3CCOCC3)ccc2c2n1CCN2. The van der Waals surface area contributed by atoms with Crippen LogP contribution in [0.5, 0.6) is 0 Å². The lowest BCUT2D eigenvalue weighted by atomic mass is 10.2. The first-order valence-electron chi connectivity index (χ1n) is 21.1. The molecule has 2 saturated heterocycles. The molecule has 0 atom stereocenters. The van der Waals surface area contributed by atoms with Crippen molar-refractivity contribution in [1.29, 1.82) is 5.41 Å². The van der Waals surface area contributed by atoms with Gasteiger partial charge in [0.2, 0.25) is 23.1 Å². The molecule has 6 N–H and O–H groups in total. The third kappa shape index (κ3) is 11.0. The molecule has 66 heavy (non-hydrogen) atoms. The van der Waals surface area contributed by atoms with E-state index in [2.05, 4.69) is 81.3 Å². The van der Waals surface area contributed by atoms with Gasteiger partial charge in [0.05, 0.1) is 48.6 Å². The summed E-state index contributed by atoms with van der Waals surface area (Å²) in [5.74, 6) is 0.716. The van der Waals surface area contributed by atoms with Crippen LogP contribution in [0.1, 0.15) is 34.6 Å². The van der Waals surface area contributed by atoms with Crippen LogP contribution >= 0.6 is 17.0 Å². The molecule has 4 aliphatic heterocycles. The highest BCUT2D eigenvalue weighted by molar-refractivity contribution is 8.93. The number of aromatic nitrogens is 6. The molecule has 0 spiro atoms. The summed E-state index contributed by atoms with van der Waals surface area (Å²) in [6.45, 7) is 12.3. The van der Waals surface area contributed by atoms with Crippen molar-refractivity contribution in [3.05, 3.63) is 95.4 Å². The lowest BCUT2D eigenvalue weighted by Crippen LogP contribution is -2.36. The molecule has 22 heteroatoms. The number of aromatic carboxylic acids is 1. The van der Waals surface area contributed by atoms with Crippen molar-refractivity contribution in [1.82, 2.24) is 29.1 Å². The second-order valence-corrected chi connectivity index (χ2v) is 15.3. The molecule has 344 valence electrons. The Morgan fingerprint density at radius 1 is 0.667 bits per heavy atom. The molecule has 4 aromatic heterocycles. The van der Waals surface area contributed by atoms with Gasteiger partial charge >= 0.3 is 5.97 Å². The Morgan fingerprint density at radius 2 is 1.15 bits per heavy atom.